The summed E-state index contributed by atoms with van der Waals surface area (Å²) in [6, 6.07) is 7.44. The van der Waals surface area contributed by atoms with Crippen molar-refractivity contribution in [3.63, 3.8) is 0 Å². The number of methoxy groups -OCH3 is 2. The van der Waals surface area contributed by atoms with Crippen molar-refractivity contribution >= 4 is 28.1 Å². The second-order valence-corrected chi connectivity index (χ2v) is 5.05. The summed E-state index contributed by atoms with van der Waals surface area (Å²) in [7, 11) is 3.24. The summed E-state index contributed by atoms with van der Waals surface area (Å²) in [5.41, 5.74) is 6.82. The second-order valence-electron chi connectivity index (χ2n) is 4.13. The lowest BCUT2D eigenvalue weighted by atomic mass is 10.2. The van der Waals surface area contributed by atoms with Crippen LogP contribution in [0.15, 0.2) is 29.6 Å². The van der Waals surface area contributed by atoms with E-state index in [1.54, 1.807) is 14.2 Å². The van der Waals surface area contributed by atoms with Gasteiger partial charge in [0.05, 0.1) is 19.7 Å². The average Bonchev–Trinajstić information content (AvgIpc) is 2.95. The minimum Gasteiger partial charge on any atom is -0.497 e. The number of hydrogen-bond acceptors (Lipinski definition) is 6. The SMILES string of the molecule is COc1ccc2nc(-c3sccc3OC)nc(N)c2c1. The predicted molar refractivity (Wildman–Crippen MR) is 80.4 cm³/mol. The third kappa shape index (κ3) is 2.04. The molecule has 2 heterocycles. The van der Waals surface area contributed by atoms with E-state index in [-0.39, 0.29) is 0 Å². The van der Waals surface area contributed by atoms with Crippen LogP contribution in [0.2, 0.25) is 0 Å². The van der Waals surface area contributed by atoms with E-state index >= 15 is 0 Å². The minimum absolute atomic E-state index is 0.430. The molecule has 20 heavy (non-hydrogen) atoms. The number of hydrogen-bond donors (Lipinski definition) is 1. The summed E-state index contributed by atoms with van der Waals surface area (Å²) in [5, 5.41) is 2.72. The molecule has 0 aliphatic rings. The number of nitrogens with zero attached hydrogens (tertiary/aromatic N) is 2. The molecule has 0 saturated carbocycles. The molecule has 0 aliphatic carbocycles. The van der Waals surface area contributed by atoms with Crippen LogP contribution in [0.3, 0.4) is 0 Å². The fourth-order valence-electron chi connectivity index (χ4n) is 1.98. The summed E-state index contributed by atoms with van der Waals surface area (Å²) < 4.78 is 10.5. The first-order chi connectivity index (χ1) is 9.72. The number of nitrogen functional groups attached to an aromatic ring is 1. The lowest BCUT2D eigenvalue weighted by molar-refractivity contribution is 0.415. The van der Waals surface area contributed by atoms with Gasteiger partial charge in [-0.1, -0.05) is 0 Å². The summed E-state index contributed by atoms with van der Waals surface area (Å²) in [5.74, 6) is 2.49. The average molecular weight is 287 g/mol. The highest BCUT2D eigenvalue weighted by atomic mass is 32.1. The first-order valence-corrected chi connectivity index (χ1v) is 6.84. The van der Waals surface area contributed by atoms with Crippen molar-refractivity contribution in [3.05, 3.63) is 29.6 Å². The van der Waals surface area contributed by atoms with E-state index in [0.717, 1.165) is 27.3 Å². The smallest absolute Gasteiger partial charge is 0.176 e. The second kappa shape index (κ2) is 4.97. The van der Waals surface area contributed by atoms with Gasteiger partial charge in [0.2, 0.25) is 0 Å². The zero-order valence-electron chi connectivity index (χ0n) is 11.1. The molecule has 3 aromatic rings. The van der Waals surface area contributed by atoms with Gasteiger partial charge in [0.15, 0.2) is 5.82 Å². The van der Waals surface area contributed by atoms with Crippen LogP contribution in [0.25, 0.3) is 21.6 Å². The third-order valence-electron chi connectivity index (χ3n) is 2.98. The van der Waals surface area contributed by atoms with Crippen molar-refractivity contribution in [2.45, 2.75) is 0 Å². The normalized spacial score (nSPS) is 10.7. The van der Waals surface area contributed by atoms with Crippen LogP contribution in [-0.4, -0.2) is 24.2 Å². The zero-order valence-corrected chi connectivity index (χ0v) is 11.9. The Bertz CT molecular complexity index is 770. The van der Waals surface area contributed by atoms with E-state index in [1.165, 1.54) is 11.3 Å². The van der Waals surface area contributed by atoms with E-state index in [9.17, 15) is 0 Å². The van der Waals surface area contributed by atoms with Crippen LogP contribution in [0.1, 0.15) is 0 Å². The number of rotatable bonds is 3. The first kappa shape index (κ1) is 12.7. The number of fused-ring (bicyclic) bond motifs is 1. The maximum Gasteiger partial charge on any atom is 0.176 e. The number of thiophene rings is 1. The van der Waals surface area contributed by atoms with Gasteiger partial charge in [0, 0.05) is 5.39 Å². The fourth-order valence-corrected chi connectivity index (χ4v) is 2.77. The van der Waals surface area contributed by atoms with Crippen LogP contribution >= 0.6 is 11.3 Å². The van der Waals surface area contributed by atoms with Crippen molar-refractivity contribution in [1.82, 2.24) is 9.97 Å². The molecule has 0 spiro atoms. The van der Waals surface area contributed by atoms with Gasteiger partial charge in [0.25, 0.3) is 0 Å². The van der Waals surface area contributed by atoms with Crippen LogP contribution in [-0.2, 0) is 0 Å². The van der Waals surface area contributed by atoms with Gasteiger partial charge in [0.1, 0.15) is 22.2 Å². The molecule has 6 heteroatoms. The maximum atomic E-state index is 6.04. The Morgan fingerprint density at radius 3 is 2.70 bits per heavy atom. The van der Waals surface area contributed by atoms with Crippen LogP contribution in [0, 0.1) is 0 Å². The quantitative estimate of drug-likeness (QED) is 0.802. The summed E-state index contributed by atoms with van der Waals surface area (Å²) in [6.45, 7) is 0. The number of nitrogens with two attached hydrogens (primary N) is 1. The molecule has 0 saturated heterocycles. The third-order valence-corrected chi connectivity index (χ3v) is 3.88. The van der Waals surface area contributed by atoms with E-state index in [1.807, 2.05) is 29.6 Å². The molecule has 5 nitrogen and oxygen atoms in total. The molecule has 0 bridgehead atoms. The van der Waals surface area contributed by atoms with Crippen LogP contribution in [0.4, 0.5) is 5.82 Å². The Hall–Kier alpha value is -2.34. The van der Waals surface area contributed by atoms with Gasteiger partial charge < -0.3 is 15.2 Å². The number of anilines is 1. The fraction of sp³-hybridized carbons (Fsp3) is 0.143. The molecule has 2 N–H and O–H groups in total. The lowest BCUT2D eigenvalue weighted by Gasteiger charge is -2.07. The van der Waals surface area contributed by atoms with Gasteiger partial charge in [-0.25, -0.2) is 9.97 Å². The monoisotopic (exact) mass is 287 g/mol. The van der Waals surface area contributed by atoms with Gasteiger partial charge in [-0.15, -0.1) is 11.3 Å². The molecule has 2 aromatic heterocycles. The van der Waals surface area contributed by atoms with Crippen LogP contribution < -0.4 is 15.2 Å². The Balaban J connectivity index is 2.20. The van der Waals surface area contributed by atoms with E-state index in [4.69, 9.17) is 15.2 Å². The summed E-state index contributed by atoms with van der Waals surface area (Å²) in [4.78, 5) is 9.79. The highest BCUT2D eigenvalue weighted by Gasteiger charge is 2.13. The lowest BCUT2D eigenvalue weighted by Crippen LogP contribution is -1.98. The molecule has 3 rings (SSSR count). The Kier molecular flexibility index (Phi) is 3.15. The highest BCUT2D eigenvalue weighted by Crippen LogP contribution is 2.35. The molecule has 0 aliphatic heterocycles. The zero-order chi connectivity index (χ0) is 14.1. The largest absolute Gasteiger partial charge is 0.497 e. The molecule has 0 amide bonds. The van der Waals surface area contributed by atoms with E-state index in [2.05, 4.69) is 9.97 Å². The first-order valence-electron chi connectivity index (χ1n) is 5.96. The molecule has 1 aromatic carbocycles. The Morgan fingerprint density at radius 2 is 1.95 bits per heavy atom. The molecule has 0 unspecified atom stereocenters. The minimum atomic E-state index is 0.430. The molecular weight excluding hydrogens is 274 g/mol. The standard InChI is InChI=1S/C14H13N3O2S/c1-18-8-3-4-10-9(7-8)13(15)17-14(16-10)12-11(19-2)5-6-20-12/h3-7H,1-2H3,(H2,15,16,17). The number of aromatic nitrogens is 2. The maximum absolute atomic E-state index is 6.04. The van der Waals surface area contributed by atoms with Crippen molar-refractivity contribution in [1.29, 1.82) is 0 Å². The topological polar surface area (TPSA) is 70.3 Å². The summed E-state index contributed by atoms with van der Waals surface area (Å²) >= 11 is 1.52. The van der Waals surface area contributed by atoms with Crippen molar-refractivity contribution in [2.75, 3.05) is 20.0 Å². The van der Waals surface area contributed by atoms with Gasteiger partial charge in [-0.05, 0) is 29.6 Å². The van der Waals surface area contributed by atoms with Crippen molar-refractivity contribution in [3.8, 4) is 22.2 Å². The Labute approximate surface area is 120 Å². The van der Waals surface area contributed by atoms with Crippen LogP contribution in [0.5, 0.6) is 11.5 Å². The van der Waals surface area contributed by atoms with Gasteiger partial charge >= 0.3 is 0 Å². The van der Waals surface area contributed by atoms with E-state index in [0.29, 0.717) is 11.6 Å². The molecule has 0 radical (unpaired) electrons. The predicted octanol–water partition coefficient (Wildman–Crippen LogP) is 2.96. The van der Waals surface area contributed by atoms with Gasteiger partial charge in [-0.3, -0.25) is 0 Å². The molecule has 102 valence electrons. The molecular formula is C14H13N3O2S. The highest BCUT2D eigenvalue weighted by molar-refractivity contribution is 7.13. The molecule has 0 atom stereocenters. The van der Waals surface area contributed by atoms with Crippen molar-refractivity contribution < 1.29 is 9.47 Å². The van der Waals surface area contributed by atoms with Crippen molar-refractivity contribution in [2.24, 2.45) is 0 Å². The van der Waals surface area contributed by atoms with Gasteiger partial charge in [-0.2, -0.15) is 0 Å². The Morgan fingerprint density at radius 1 is 1.10 bits per heavy atom. The summed E-state index contributed by atoms with van der Waals surface area (Å²) in [6.07, 6.45) is 0. The van der Waals surface area contributed by atoms with E-state index < -0.39 is 0 Å². The molecule has 0 fully saturated rings. The number of benzene rings is 1. The number of ether oxygens (including phenoxy) is 2.